The van der Waals surface area contributed by atoms with Gasteiger partial charge in [-0.2, -0.15) is 0 Å². The van der Waals surface area contributed by atoms with Crippen LogP contribution in [-0.4, -0.2) is 94.0 Å². The highest BCUT2D eigenvalue weighted by molar-refractivity contribution is 6.01. The van der Waals surface area contributed by atoms with Gasteiger partial charge in [-0.1, -0.05) is 38.8 Å². The second kappa shape index (κ2) is 17.8. The Hall–Kier alpha value is -4.45. The third-order valence-corrected chi connectivity index (χ3v) is 12.1. The van der Waals surface area contributed by atoms with E-state index in [9.17, 15) is 54.4 Å². The molecular formula is C36H51N3O15. The van der Waals surface area contributed by atoms with Gasteiger partial charge in [-0.25, -0.2) is 4.79 Å². The number of rotatable bonds is 20. The number of unbranched alkanes of at least 4 members (excludes halogenated alkanes) is 3. The van der Waals surface area contributed by atoms with Gasteiger partial charge in [0.1, 0.15) is 11.6 Å². The van der Waals surface area contributed by atoms with E-state index in [4.69, 9.17) is 9.47 Å². The average Bonchev–Trinajstić information content (AvgIpc) is 3.30. The lowest BCUT2D eigenvalue weighted by Gasteiger charge is -2.59. The number of nitrogens with one attached hydrogen (secondary N) is 1. The first-order valence-electron chi connectivity index (χ1n) is 18.5. The predicted molar refractivity (Wildman–Crippen MR) is 185 cm³/mol. The van der Waals surface area contributed by atoms with Gasteiger partial charge in [0.2, 0.25) is 11.7 Å². The molecule has 4 aliphatic carbocycles. The van der Waals surface area contributed by atoms with Gasteiger partial charge in [0.15, 0.2) is 12.4 Å². The summed E-state index contributed by atoms with van der Waals surface area (Å²) in [4.78, 5) is 93.8. The summed E-state index contributed by atoms with van der Waals surface area (Å²) in [7, 11) is 0. The van der Waals surface area contributed by atoms with E-state index in [1.807, 2.05) is 13.0 Å². The molecule has 18 nitrogen and oxygen atoms in total. The number of hydrogen-bond acceptors (Lipinski definition) is 15. The minimum atomic E-state index is -1.95. The zero-order chi connectivity index (χ0) is 39.8. The van der Waals surface area contributed by atoms with Crippen molar-refractivity contribution >= 4 is 29.4 Å². The maximum atomic E-state index is 13.9. The first-order valence-corrected chi connectivity index (χ1v) is 18.5. The lowest BCUT2D eigenvalue weighted by atomic mass is 9.46. The summed E-state index contributed by atoms with van der Waals surface area (Å²) in [5.74, 6) is -4.40. The molecule has 9 atom stereocenters. The minimum absolute atomic E-state index is 0.0454. The van der Waals surface area contributed by atoms with E-state index >= 15 is 0 Å². The maximum absolute atomic E-state index is 13.9. The zero-order valence-corrected chi connectivity index (χ0v) is 30.9. The van der Waals surface area contributed by atoms with E-state index in [1.165, 1.54) is 6.08 Å². The number of ether oxygens (including phenoxy) is 2. The van der Waals surface area contributed by atoms with Crippen molar-refractivity contribution in [3.8, 4) is 0 Å². The Morgan fingerprint density at radius 2 is 1.65 bits per heavy atom. The predicted octanol–water partition coefficient (Wildman–Crippen LogP) is 2.53. The summed E-state index contributed by atoms with van der Waals surface area (Å²) in [5.41, 5.74) is -2.56. The van der Waals surface area contributed by atoms with Crippen LogP contribution in [0.5, 0.6) is 0 Å². The third kappa shape index (κ3) is 9.25. The number of hydrogen-bond donors (Lipinski definition) is 3. The van der Waals surface area contributed by atoms with Crippen LogP contribution in [0.25, 0.3) is 0 Å². The lowest BCUT2D eigenvalue weighted by molar-refractivity contribution is -0.757. The summed E-state index contributed by atoms with van der Waals surface area (Å²) in [5, 5.41) is 45.1. The van der Waals surface area contributed by atoms with Crippen LogP contribution in [-0.2, 0) is 43.1 Å². The Labute approximate surface area is 312 Å². The van der Waals surface area contributed by atoms with Gasteiger partial charge < -0.3 is 34.7 Å². The van der Waals surface area contributed by atoms with Crippen molar-refractivity contribution in [2.24, 2.45) is 34.5 Å². The average molecular weight is 766 g/mol. The van der Waals surface area contributed by atoms with E-state index in [0.717, 1.165) is 5.57 Å². The number of amides is 1. The fourth-order valence-electron chi connectivity index (χ4n) is 9.51. The van der Waals surface area contributed by atoms with Gasteiger partial charge in [0.25, 0.3) is 10.2 Å². The number of carbonyl (C=O) groups excluding carboxylic acids is 5. The molecule has 0 aliphatic heterocycles. The molecule has 0 radical (unpaired) electrons. The normalized spacial score (nSPS) is 31.5. The van der Waals surface area contributed by atoms with E-state index in [1.54, 1.807) is 19.9 Å². The van der Waals surface area contributed by atoms with Crippen molar-refractivity contribution in [3.63, 3.8) is 0 Å². The van der Waals surface area contributed by atoms with Crippen LogP contribution in [0.4, 0.5) is 0 Å². The number of fused-ring (bicyclic) bond motifs is 5. The molecule has 4 rings (SSSR count). The van der Waals surface area contributed by atoms with E-state index in [-0.39, 0.29) is 69.0 Å². The van der Waals surface area contributed by atoms with Gasteiger partial charge >= 0.3 is 11.9 Å². The van der Waals surface area contributed by atoms with Crippen molar-refractivity contribution in [1.29, 1.82) is 0 Å². The first kappa shape index (κ1) is 42.3. The number of allylic oxidation sites excluding steroid dienone is 4. The highest BCUT2D eigenvalue weighted by Gasteiger charge is 2.70. The van der Waals surface area contributed by atoms with E-state index in [0.29, 0.717) is 38.5 Å². The molecule has 0 bridgehead atoms. The Morgan fingerprint density at radius 3 is 2.31 bits per heavy atom. The van der Waals surface area contributed by atoms with Crippen molar-refractivity contribution in [2.45, 2.75) is 109 Å². The van der Waals surface area contributed by atoms with Crippen molar-refractivity contribution in [1.82, 2.24) is 5.32 Å². The molecule has 18 heteroatoms. The van der Waals surface area contributed by atoms with Gasteiger partial charge in [-0.15, -0.1) is 20.2 Å². The number of nitrogens with zero attached hydrogens (tertiary/aromatic N) is 2. The number of carbonyl (C=O) groups is 5. The standard InChI is InChI=1S/C36H51N3O15/c1-22-17-26-25-11-10-23-18-24(40)12-13-34(23,2)32(25)28(41)20-35(26,3)36(22,46)29(42)21-52-31(44)19-27(33(45)51-14-7-8-16-54-39(49)50)37-30(43)9-5-4-6-15-53-38(47)48/h12-13,18,22,25-28,32,41,46H,4-11,14-17,19-21H2,1-3H3,(H,37,43)/t22-,25-,26?,27?,28-,32?,34-,35-,36-/m0/s1. The van der Waals surface area contributed by atoms with Crippen LogP contribution in [0, 0.1) is 54.7 Å². The Bertz CT molecular complexity index is 1530. The molecule has 0 aromatic carbocycles. The van der Waals surface area contributed by atoms with E-state index < -0.39 is 81.3 Å². The van der Waals surface area contributed by atoms with Crippen LogP contribution < -0.4 is 5.32 Å². The van der Waals surface area contributed by atoms with Gasteiger partial charge in [0.05, 0.1) is 32.3 Å². The summed E-state index contributed by atoms with van der Waals surface area (Å²) in [6, 6.07) is -1.51. The zero-order valence-electron chi connectivity index (χ0n) is 30.9. The molecule has 0 aromatic heterocycles. The summed E-state index contributed by atoms with van der Waals surface area (Å²) in [6.07, 6.45) is 6.71. The van der Waals surface area contributed by atoms with Crippen molar-refractivity contribution < 1.29 is 63.5 Å². The Morgan fingerprint density at radius 1 is 1.00 bits per heavy atom. The first-order chi connectivity index (χ1) is 25.4. The van der Waals surface area contributed by atoms with Crippen LogP contribution in [0.3, 0.4) is 0 Å². The molecule has 54 heavy (non-hydrogen) atoms. The topological polar surface area (TPSA) is 261 Å². The van der Waals surface area contributed by atoms with Gasteiger partial charge in [-0.3, -0.25) is 19.2 Å². The molecule has 3 unspecified atom stereocenters. The number of aliphatic hydroxyl groups excluding tert-OH is 1. The summed E-state index contributed by atoms with van der Waals surface area (Å²) < 4.78 is 10.5. The van der Waals surface area contributed by atoms with Gasteiger partial charge in [0, 0.05) is 23.2 Å². The monoisotopic (exact) mass is 765 g/mol. The summed E-state index contributed by atoms with van der Waals surface area (Å²) in [6.45, 7) is 4.21. The van der Waals surface area contributed by atoms with E-state index in [2.05, 4.69) is 15.0 Å². The molecule has 300 valence electrons. The molecule has 0 aromatic rings. The van der Waals surface area contributed by atoms with Crippen LogP contribution in [0.15, 0.2) is 23.8 Å². The molecule has 3 N–H and O–H groups in total. The minimum Gasteiger partial charge on any atom is -0.464 e. The smallest absolute Gasteiger partial charge is 0.329 e. The molecule has 3 saturated carbocycles. The lowest BCUT2D eigenvalue weighted by Crippen LogP contribution is -2.62. The molecule has 4 aliphatic rings. The quantitative estimate of drug-likeness (QED) is 0.0696. The highest BCUT2D eigenvalue weighted by atomic mass is 17.0. The highest BCUT2D eigenvalue weighted by Crippen LogP contribution is 2.68. The Kier molecular flexibility index (Phi) is 13.9. The second-order valence-electron chi connectivity index (χ2n) is 15.3. The van der Waals surface area contributed by atoms with Gasteiger partial charge in [-0.05, 0) is 81.3 Å². The Balaban J connectivity index is 1.38. The van der Waals surface area contributed by atoms with Crippen LogP contribution in [0.2, 0.25) is 0 Å². The number of Topliss-reactive ketones (excluding diaryl/α,β-unsaturated/α-hetero) is 1. The fraction of sp³-hybridized carbons (Fsp3) is 0.750. The molecular weight excluding hydrogens is 714 g/mol. The molecule has 3 fully saturated rings. The SMILES string of the molecule is C[C@H]1CC2[C@@H]3CCC4=CC(=O)C=C[C@]4(C)C3[C@@H](O)C[C@]2(C)[C@@]1(O)C(=O)COC(=O)CC(NC(=O)CCCCCO[N+](=O)[O-])C(=O)OCCCCO[N+](=O)[O-]. The molecule has 0 heterocycles. The number of aliphatic hydroxyl groups is 2. The summed E-state index contributed by atoms with van der Waals surface area (Å²) >= 11 is 0. The van der Waals surface area contributed by atoms with Crippen LogP contribution >= 0.6 is 0 Å². The number of esters is 2. The fourth-order valence-corrected chi connectivity index (χ4v) is 9.51. The third-order valence-electron chi connectivity index (χ3n) is 12.1. The molecule has 1 amide bonds. The molecule has 0 spiro atoms. The largest absolute Gasteiger partial charge is 0.464 e. The number of ketones is 2. The maximum Gasteiger partial charge on any atom is 0.329 e. The molecule has 0 saturated heterocycles. The van der Waals surface area contributed by atoms with Crippen LogP contribution in [0.1, 0.15) is 91.4 Å². The second-order valence-corrected chi connectivity index (χ2v) is 15.3. The van der Waals surface area contributed by atoms with Crippen molar-refractivity contribution in [2.75, 3.05) is 26.4 Å². The van der Waals surface area contributed by atoms with Crippen molar-refractivity contribution in [3.05, 3.63) is 44.0 Å².